The first kappa shape index (κ1) is 17.5. The number of para-hydroxylation sites is 1. The Labute approximate surface area is 159 Å². The number of ether oxygens (including phenoxy) is 1. The minimum atomic E-state index is 0.587. The smallest absolute Gasteiger partial charge is 0.138 e. The van der Waals surface area contributed by atoms with E-state index < -0.39 is 0 Å². The van der Waals surface area contributed by atoms with Gasteiger partial charge in [-0.15, -0.1) is 0 Å². The third-order valence-corrected chi connectivity index (χ3v) is 5.27. The molecule has 0 atom stereocenters. The van der Waals surface area contributed by atoms with E-state index >= 15 is 0 Å². The number of morpholine rings is 1. The highest BCUT2D eigenvalue weighted by molar-refractivity contribution is 6.34. The lowest BCUT2D eigenvalue weighted by atomic mass is 10.2. The minimum absolute atomic E-state index is 0.587. The predicted octanol–water partition coefficient (Wildman–Crippen LogP) is 4.25. The lowest BCUT2D eigenvalue weighted by Gasteiger charge is -2.26. The lowest BCUT2D eigenvalue weighted by molar-refractivity contribution is 0.0374. The first-order valence-electron chi connectivity index (χ1n) is 9.25. The van der Waals surface area contributed by atoms with Crippen LogP contribution in [-0.4, -0.2) is 47.3 Å². The standard InChI is InChI=1S/C21H24ClN3O/c1-16-14-20-19(21(22)23-16)15-18(25(20)17-6-3-2-4-7-17)8-5-9-24-10-12-26-13-11-24/h2-4,6-7,14-15H,5,8-13H2,1H3. The average Bonchev–Trinajstić information content (AvgIpc) is 3.02. The lowest BCUT2D eigenvalue weighted by Crippen LogP contribution is -2.37. The molecule has 0 aliphatic carbocycles. The molecule has 2 aromatic heterocycles. The number of pyridine rings is 1. The van der Waals surface area contributed by atoms with Gasteiger partial charge in [0, 0.05) is 35.6 Å². The van der Waals surface area contributed by atoms with Crippen molar-refractivity contribution in [3.63, 3.8) is 0 Å². The van der Waals surface area contributed by atoms with Crippen LogP contribution in [0.1, 0.15) is 17.8 Å². The number of aryl methyl sites for hydroxylation is 2. The summed E-state index contributed by atoms with van der Waals surface area (Å²) >= 11 is 6.44. The molecule has 1 saturated heterocycles. The predicted molar refractivity (Wildman–Crippen MR) is 106 cm³/mol. The molecule has 1 fully saturated rings. The van der Waals surface area contributed by atoms with E-state index in [4.69, 9.17) is 16.3 Å². The van der Waals surface area contributed by atoms with Crippen molar-refractivity contribution < 1.29 is 4.74 Å². The van der Waals surface area contributed by atoms with Gasteiger partial charge in [0.2, 0.25) is 0 Å². The second kappa shape index (κ2) is 7.78. The first-order valence-corrected chi connectivity index (χ1v) is 9.63. The van der Waals surface area contributed by atoms with Crippen LogP contribution in [0.5, 0.6) is 0 Å². The second-order valence-electron chi connectivity index (χ2n) is 6.85. The van der Waals surface area contributed by atoms with Crippen LogP contribution in [-0.2, 0) is 11.2 Å². The Hall–Kier alpha value is -1.88. The largest absolute Gasteiger partial charge is 0.379 e. The Morgan fingerprint density at radius 1 is 1.12 bits per heavy atom. The Morgan fingerprint density at radius 3 is 2.65 bits per heavy atom. The normalized spacial score (nSPS) is 15.6. The summed E-state index contributed by atoms with van der Waals surface area (Å²) in [4.78, 5) is 6.92. The van der Waals surface area contributed by atoms with Crippen LogP contribution in [0.4, 0.5) is 0 Å². The maximum Gasteiger partial charge on any atom is 0.138 e. The molecule has 1 aromatic carbocycles. The molecule has 0 bridgehead atoms. The van der Waals surface area contributed by atoms with E-state index in [9.17, 15) is 0 Å². The molecule has 5 heteroatoms. The molecule has 0 spiro atoms. The van der Waals surface area contributed by atoms with Gasteiger partial charge in [0.15, 0.2) is 0 Å². The zero-order valence-corrected chi connectivity index (χ0v) is 15.9. The van der Waals surface area contributed by atoms with E-state index in [1.54, 1.807) is 0 Å². The summed E-state index contributed by atoms with van der Waals surface area (Å²) in [6.45, 7) is 6.87. The van der Waals surface area contributed by atoms with Crippen LogP contribution in [0.15, 0.2) is 42.5 Å². The molecule has 1 aliphatic rings. The van der Waals surface area contributed by atoms with Crippen molar-refractivity contribution in [2.75, 3.05) is 32.8 Å². The Kier molecular flexibility index (Phi) is 5.25. The fraction of sp³-hybridized carbons (Fsp3) is 0.381. The summed E-state index contributed by atoms with van der Waals surface area (Å²) in [6.07, 6.45) is 2.13. The molecule has 136 valence electrons. The van der Waals surface area contributed by atoms with Gasteiger partial charge in [0.1, 0.15) is 5.15 Å². The van der Waals surface area contributed by atoms with E-state index in [0.29, 0.717) is 5.15 Å². The monoisotopic (exact) mass is 369 g/mol. The van der Waals surface area contributed by atoms with Gasteiger partial charge in [-0.05, 0) is 50.6 Å². The Balaban J connectivity index is 1.65. The highest BCUT2D eigenvalue weighted by Gasteiger charge is 2.15. The molecular formula is C21H24ClN3O. The van der Waals surface area contributed by atoms with Crippen molar-refractivity contribution in [2.45, 2.75) is 19.8 Å². The molecule has 4 nitrogen and oxygen atoms in total. The summed E-state index contributed by atoms with van der Waals surface area (Å²) in [7, 11) is 0. The summed E-state index contributed by atoms with van der Waals surface area (Å²) in [5, 5.41) is 1.62. The Bertz CT molecular complexity index is 885. The number of hydrogen-bond acceptors (Lipinski definition) is 3. The van der Waals surface area contributed by atoms with E-state index in [-0.39, 0.29) is 0 Å². The number of benzene rings is 1. The number of aromatic nitrogens is 2. The quantitative estimate of drug-likeness (QED) is 0.630. The van der Waals surface area contributed by atoms with Crippen molar-refractivity contribution in [2.24, 2.45) is 0 Å². The summed E-state index contributed by atoms with van der Waals surface area (Å²) < 4.78 is 7.77. The third-order valence-electron chi connectivity index (χ3n) is 4.98. The molecule has 1 aliphatic heterocycles. The highest BCUT2D eigenvalue weighted by Crippen LogP contribution is 2.30. The van der Waals surface area contributed by atoms with Gasteiger partial charge in [-0.3, -0.25) is 4.90 Å². The summed E-state index contributed by atoms with van der Waals surface area (Å²) in [5.74, 6) is 0. The minimum Gasteiger partial charge on any atom is -0.379 e. The van der Waals surface area contributed by atoms with Gasteiger partial charge in [-0.25, -0.2) is 4.98 Å². The molecule has 0 N–H and O–H groups in total. The van der Waals surface area contributed by atoms with Crippen molar-refractivity contribution in [1.82, 2.24) is 14.5 Å². The van der Waals surface area contributed by atoms with Crippen LogP contribution >= 0.6 is 11.6 Å². The fourth-order valence-corrected chi connectivity index (χ4v) is 3.99. The number of halogens is 1. The van der Waals surface area contributed by atoms with Crippen molar-refractivity contribution in [3.05, 3.63) is 59.0 Å². The van der Waals surface area contributed by atoms with Crippen molar-refractivity contribution in [1.29, 1.82) is 0 Å². The zero-order chi connectivity index (χ0) is 17.9. The molecule has 3 aromatic rings. The second-order valence-corrected chi connectivity index (χ2v) is 7.21. The van der Waals surface area contributed by atoms with Crippen LogP contribution < -0.4 is 0 Å². The Morgan fingerprint density at radius 2 is 1.88 bits per heavy atom. The van der Waals surface area contributed by atoms with Gasteiger partial charge < -0.3 is 9.30 Å². The van der Waals surface area contributed by atoms with E-state index in [1.165, 1.54) is 11.4 Å². The molecular weight excluding hydrogens is 346 g/mol. The van der Waals surface area contributed by atoms with E-state index in [1.807, 2.05) is 13.0 Å². The topological polar surface area (TPSA) is 30.3 Å². The summed E-state index contributed by atoms with van der Waals surface area (Å²) in [6, 6.07) is 14.8. The van der Waals surface area contributed by atoms with Crippen LogP contribution in [0.3, 0.4) is 0 Å². The van der Waals surface area contributed by atoms with Crippen LogP contribution in [0.25, 0.3) is 16.6 Å². The molecule has 3 heterocycles. The highest BCUT2D eigenvalue weighted by atomic mass is 35.5. The van der Waals surface area contributed by atoms with Gasteiger partial charge in [-0.2, -0.15) is 0 Å². The molecule has 26 heavy (non-hydrogen) atoms. The molecule has 0 saturated carbocycles. The first-order chi connectivity index (χ1) is 12.7. The van der Waals surface area contributed by atoms with Gasteiger partial charge in [0.05, 0.1) is 18.7 Å². The van der Waals surface area contributed by atoms with Crippen molar-refractivity contribution in [3.8, 4) is 5.69 Å². The SMILES string of the molecule is Cc1cc2c(cc(CCCN3CCOCC3)n2-c2ccccc2)c(Cl)n1. The molecule has 0 radical (unpaired) electrons. The maximum atomic E-state index is 6.44. The fourth-order valence-electron chi connectivity index (χ4n) is 3.71. The van der Waals surface area contributed by atoms with Crippen LogP contribution in [0.2, 0.25) is 5.15 Å². The van der Waals surface area contributed by atoms with Crippen LogP contribution in [0, 0.1) is 6.92 Å². The number of rotatable bonds is 5. The third kappa shape index (κ3) is 3.63. The van der Waals surface area contributed by atoms with Gasteiger partial charge in [-0.1, -0.05) is 29.8 Å². The zero-order valence-electron chi connectivity index (χ0n) is 15.1. The molecule has 0 amide bonds. The maximum absolute atomic E-state index is 6.44. The van der Waals surface area contributed by atoms with E-state index in [0.717, 1.165) is 62.3 Å². The number of hydrogen-bond donors (Lipinski definition) is 0. The van der Waals surface area contributed by atoms with Gasteiger partial charge >= 0.3 is 0 Å². The molecule has 4 rings (SSSR count). The average molecular weight is 370 g/mol. The number of nitrogens with zero attached hydrogens (tertiary/aromatic N) is 3. The summed E-state index contributed by atoms with van der Waals surface area (Å²) in [5.41, 5.74) is 4.53. The molecule has 0 unspecified atom stereocenters. The number of fused-ring (bicyclic) bond motifs is 1. The van der Waals surface area contributed by atoms with Gasteiger partial charge in [0.25, 0.3) is 0 Å². The van der Waals surface area contributed by atoms with Crippen molar-refractivity contribution >= 4 is 22.5 Å². The van der Waals surface area contributed by atoms with E-state index in [2.05, 4.69) is 50.8 Å².